The fraction of sp³-hybridized carbons (Fsp3) is 0.375. The number of allylic oxidation sites excluding steroid dienone is 7. The van der Waals surface area contributed by atoms with E-state index in [1.165, 1.54) is 28.2 Å². The highest BCUT2D eigenvalue weighted by molar-refractivity contribution is 5.82. The van der Waals surface area contributed by atoms with Gasteiger partial charge >= 0.3 is 0 Å². The van der Waals surface area contributed by atoms with Crippen molar-refractivity contribution < 1.29 is 9.18 Å². The van der Waals surface area contributed by atoms with Crippen molar-refractivity contribution in [3.05, 3.63) is 70.1 Å². The number of rotatable bonds is 9. The van der Waals surface area contributed by atoms with Gasteiger partial charge < -0.3 is 4.90 Å². The van der Waals surface area contributed by atoms with Crippen LogP contribution in [0.5, 0.6) is 0 Å². The Bertz CT molecular complexity index is 769. The number of halogens is 1. The third-order valence-corrected chi connectivity index (χ3v) is 4.44. The summed E-state index contributed by atoms with van der Waals surface area (Å²) in [6.07, 6.45) is 12.3. The summed E-state index contributed by atoms with van der Waals surface area (Å²) >= 11 is 0. The lowest BCUT2D eigenvalue weighted by atomic mass is 9.95. The van der Waals surface area contributed by atoms with E-state index in [0.29, 0.717) is 11.3 Å². The van der Waals surface area contributed by atoms with Crippen LogP contribution in [-0.4, -0.2) is 13.5 Å². The van der Waals surface area contributed by atoms with Crippen LogP contribution in [0, 0.1) is 5.82 Å². The molecule has 1 aromatic carbocycles. The molecule has 0 unspecified atom stereocenters. The maximum absolute atomic E-state index is 13.8. The van der Waals surface area contributed by atoms with Crippen molar-refractivity contribution in [2.45, 2.75) is 53.9 Å². The summed E-state index contributed by atoms with van der Waals surface area (Å²) in [5.41, 5.74) is 6.04. The Morgan fingerprint density at radius 1 is 1.11 bits per heavy atom. The topological polar surface area (TPSA) is 20.3 Å². The number of benzene rings is 1. The van der Waals surface area contributed by atoms with E-state index in [-0.39, 0.29) is 5.82 Å². The van der Waals surface area contributed by atoms with Gasteiger partial charge in [-0.25, -0.2) is 4.39 Å². The molecular weight excluding hydrogens is 337 g/mol. The molecule has 0 radical (unpaired) electrons. The number of hydrogen-bond acceptors (Lipinski definition) is 1. The molecule has 3 heteroatoms. The SMILES string of the molecule is CC\C=C(C)/C(=C\C=C(\C)CCC)C(/C)=C/c1cc(F)ccc1N(C)C=O. The predicted molar refractivity (Wildman–Crippen MR) is 115 cm³/mol. The Hall–Kier alpha value is -2.42. The molecule has 1 aromatic rings. The molecule has 0 aromatic heterocycles. The normalized spacial score (nSPS) is 13.7. The van der Waals surface area contributed by atoms with E-state index in [2.05, 4.69) is 45.9 Å². The summed E-state index contributed by atoms with van der Waals surface area (Å²) in [6, 6.07) is 4.47. The summed E-state index contributed by atoms with van der Waals surface area (Å²) in [4.78, 5) is 12.6. The second-order valence-corrected chi connectivity index (χ2v) is 6.89. The molecule has 0 aliphatic carbocycles. The maximum atomic E-state index is 13.8. The first-order chi connectivity index (χ1) is 12.8. The lowest BCUT2D eigenvalue weighted by Crippen LogP contribution is -2.15. The van der Waals surface area contributed by atoms with Crippen LogP contribution in [0.4, 0.5) is 10.1 Å². The summed E-state index contributed by atoms with van der Waals surface area (Å²) < 4.78 is 13.8. The van der Waals surface area contributed by atoms with Crippen LogP contribution in [0.3, 0.4) is 0 Å². The van der Waals surface area contributed by atoms with Gasteiger partial charge in [0.15, 0.2) is 0 Å². The zero-order valence-electron chi connectivity index (χ0n) is 17.5. The third kappa shape index (κ3) is 7.01. The second-order valence-electron chi connectivity index (χ2n) is 6.89. The van der Waals surface area contributed by atoms with Crippen molar-refractivity contribution in [2.24, 2.45) is 0 Å². The fourth-order valence-electron chi connectivity index (χ4n) is 3.02. The standard InChI is InChI=1S/C24H32FNO/c1-7-9-18(3)11-13-23(19(4)10-8-2)20(5)15-21-16-22(25)12-14-24(21)26(6)17-27/h10-17H,7-9H2,1-6H3/b18-11-,19-10-,20-15+,23-13+. The minimum Gasteiger partial charge on any atom is -0.317 e. The first kappa shape index (κ1) is 22.6. The second kappa shape index (κ2) is 11.3. The summed E-state index contributed by atoms with van der Waals surface area (Å²) in [7, 11) is 1.67. The number of amides is 1. The highest BCUT2D eigenvalue weighted by Gasteiger charge is 2.09. The first-order valence-electron chi connectivity index (χ1n) is 9.54. The zero-order chi connectivity index (χ0) is 20.4. The maximum Gasteiger partial charge on any atom is 0.213 e. The van der Waals surface area contributed by atoms with Crippen molar-refractivity contribution in [3.63, 3.8) is 0 Å². The van der Waals surface area contributed by atoms with Crippen molar-refractivity contribution >= 4 is 18.2 Å². The van der Waals surface area contributed by atoms with Gasteiger partial charge in [0.2, 0.25) is 6.41 Å². The minimum atomic E-state index is -0.317. The lowest BCUT2D eigenvalue weighted by molar-refractivity contribution is -0.107. The van der Waals surface area contributed by atoms with Gasteiger partial charge in [-0.15, -0.1) is 0 Å². The molecule has 1 rings (SSSR count). The van der Waals surface area contributed by atoms with E-state index >= 15 is 0 Å². The number of carbonyl (C=O) groups excluding carboxylic acids is 1. The average Bonchev–Trinajstić information content (AvgIpc) is 2.62. The first-order valence-corrected chi connectivity index (χ1v) is 9.54. The van der Waals surface area contributed by atoms with Gasteiger partial charge in [-0.3, -0.25) is 4.79 Å². The Labute approximate surface area is 163 Å². The van der Waals surface area contributed by atoms with Gasteiger partial charge in [-0.05, 0) is 74.6 Å². The molecule has 0 fully saturated rings. The summed E-state index contributed by atoms with van der Waals surface area (Å²) in [5, 5.41) is 0. The highest BCUT2D eigenvalue weighted by atomic mass is 19.1. The number of anilines is 1. The Balaban J connectivity index is 3.45. The van der Waals surface area contributed by atoms with E-state index in [1.54, 1.807) is 13.1 Å². The lowest BCUT2D eigenvalue weighted by Gasteiger charge is -2.16. The molecule has 2 nitrogen and oxygen atoms in total. The van der Waals surface area contributed by atoms with Gasteiger partial charge in [0.1, 0.15) is 5.82 Å². The Kier molecular flexibility index (Phi) is 9.49. The minimum absolute atomic E-state index is 0.317. The van der Waals surface area contributed by atoms with Gasteiger partial charge in [0.25, 0.3) is 0 Å². The summed E-state index contributed by atoms with van der Waals surface area (Å²) in [5.74, 6) is -0.317. The highest BCUT2D eigenvalue weighted by Crippen LogP contribution is 2.27. The molecule has 0 atom stereocenters. The molecule has 0 N–H and O–H groups in total. The van der Waals surface area contributed by atoms with Crippen molar-refractivity contribution in [1.29, 1.82) is 0 Å². The van der Waals surface area contributed by atoms with Gasteiger partial charge in [0, 0.05) is 12.6 Å². The van der Waals surface area contributed by atoms with Crippen LogP contribution >= 0.6 is 0 Å². The number of nitrogens with zero attached hydrogens (tertiary/aromatic N) is 1. The van der Waals surface area contributed by atoms with Crippen molar-refractivity contribution in [2.75, 3.05) is 11.9 Å². The molecule has 0 heterocycles. The van der Waals surface area contributed by atoms with Crippen LogP contribution in [0.2, 0.25) is 0 Å². The predicted octanol–water partition coefficient (Wildman–Crippen LogP) is 6.85. The molecule has 0 saturated carbocycles. The quantitative estimate of drug-likeness (QED) is 0.344. The monoisotopic (exact) mass is 369 g/mol. The Morgan fingerprint density at radius 2 is 1.81 bits per heavy atom. The largest absolute Gasteiger partial charge is 0.317 e. The van der Waals surface area contributed by atoms with E-state index in [9.17, 15) is 9.18 Å². The third-order valence-electron chi connectivity index (χ3n) is 4.44. The molecule has 146 valence electrons. The molecular formula is C24H32FNO. The zero-order valence-corrected chi connectivity index (χ0v) is 17.5. The van der Waals surface area contributed by atoms with Crippen LogP contribution in [-0.2, 0) is 4.79 Å². The van der Waals surface area contributed by atoms with E-state index in [1.807, 2.05) is 13.0 Å². The Morgan fingerprint density at radius 3 is 2.41 bits per heavy atom. The molecule has 0 aliphatic heterocycles. The van der Waals surface area contributed by atoms with Gasteiger partial charge in [0.05, 0.1) is 5.69 Å². The average molecular weight is 370 g/mol. The van der Waals surface area contributed by atoms with Crippen LogP contribution < -0.4 is 4.90 Å². The van der Waals surface area contributed by atoms with E-state index in [4.69, 9.17) is 0 Å². The molecule has 0 saturated heterocycles. The van der Waals surface area contributed by atoms with Crippen LogP contribution in [0.15, 0.2) is 58.7 Å². The van der Waals surface area contributed by atoms with Crippen LogP contribution in [0.25, 0.3) is 6.08 Å². The van der Waals surface area contributed by atoms with Crippen molar-refractivity contribution in [1.82, 2.24) is 0 Å². The fourth-order valence-corrected chi connectivity index (χ4v) is 3.02. The molecule has 0 spiro atoms. The number of hydrogen-bond donors (Lipinski definition) is 0. The van der Waals surface area contributed by atoms with E-state index < -0.39 is 0 Å². The van der Waals surface area contributed by atoms with Crippen molar-refractivity contribution in [3.8, 4) is 0 Å². The smallest absolute Gasteiger partial charge is 0.213 e. The van der Waals surface area contributed by atoms with Gasteiger partial charge in [-0.1, -0.05) is 44.1 Å². The summed E-state index contributed by atoms with van der Waals surface area (Å²) in [6.45, 7) is 10.5. The number of carbonyl (C=O) groups is 1. The molecule has 0 aliphatic rings. The van der Waals surface area contributed by atoms with E-state index in [0.717, 1.165) is 36.8 Å². The molecule has 0 bridgehead atoms. The molecule has 1 amide bonds. The van der Waals surface area contributed by atoms with Crippen LogP contribution in [0.1, 0.15) is 59.4 Å². The van der Waals surface area contributed by atoms with Gasteiger partial charge in [-0.2, -0.15) is 0 Å². The molecule has 27 heavy (non-hydrogen) atoms.